The first-order valence-corrected chi connectivity index (χ1v) is 9.42. The highest BCUT2D eigenvalue weighted by atomic mass is 16.6. The number of cyclic esters (lactones) is 1. The minimum atomic E-state index is -1.80. The van der Waals surface area contributed by atoms with Gasteiger partial charge < -0.3 is 14.4 Å². The van der Waals surface area contributed by atoms with E-state index in [0.717, 1.165) is 33.3 Å². The zero-order chi connectivity index (χ0) is 19.8. The maximum absolute atomic E-state index is 13.2. The number of carbonyl (C=O) groups excluding carboxylic acids is 1. The van der Waals surface area contributed by atoms with E-state index in [9.17, 15) is 14.7 Å². The van der Waals surface area contributed by atoms with Crippen molar-refractivity contribution in [1.82, 2.24) is 9.55 Å². The van der Waals surface area contributed by atoms with Crippen LogP contribution in [-0.2, 0) is 28.3 Å². The third-order valence-corrected chi connectivity index (χ3v) is 6.20. The van der Waals surface area contributed by atoms with Gasteiger partial charge in [-0.2, -0.15) is 0 Å². The van der Waals surface area contributed by atoms with Gasteiger partial charge in [0, 0.05) is 16.5 Å². The zero-order valence-electron chi connectivity index (χ0n) is 16.0. The molecule has 3 aromatic rings. The van der Waals surface area contributed by atoms with Crippen molar-refractivity contribution in [3.63, 3.8) is 0 Å². The zero-order valence-corrected chi connectivity index (χ0v) is 16.0. The molecule has 6 heteroatoms. The molecule has 0 saturated carbocycles. The van der Waals surface area contributed by atoms with Gasteiger partial charge in [-0.05, 0) is 43.5 Å². The first-order valence-electron chi connectivity index (χ1n) is 9.42. The molecule has 1 N–H and O–H groups in total. The minimum absolute atomic E-state index is 0.112. The molecule has 1 atom stereocenters. The number of aliphatic hydroxyl groups is 1. The minimum Gasteiger partial charge on any atom is -0.458 e. The summed E-state index contributed by atoms with van der Waals surface area (Å²) < 4.78 is 6.79. The van der Waals surface area contributed by atoms with Crippen LogP contribution in [0.1, 0.15) is 41.2 Å². The first-order chi connectivity index (χ1) is 13.4. The first kappa shape index (κ1) is 17.1. The second-order valence-electron chi connectivity index (χ2n) is 7.64. The molecular weight excluding hydrogens is 356 g/mol. The summed E-state index contributed by atoms with van der Waals surface area (Å²) in [6.07, 6.45) is 0.137. The Labute approximate surface area is 161 Å². The summed E-state index contributed by atoms with van der Waals surface area (Å²) >= 11 is 0. The molecule has 0 fully saturated rings. The summed E-state index contributed by atoms with van der Waals surface area (Å²) in [5.74, 6) is -0.705. The standard InChI is InChI=1S/C22H20N2O4/c1-4-22(27)15-8-17-19-13(9-24(17)20(25)14(15)10-28-21(22)26)12(3)18-11(2)6-5-7-16(18)23-19/h5-8,27H,4,9-10H2,1-3H3/t22-/m1/s1. The number of hydrogen-bond acceptors (Lipinski definition) is 5. The van der Waals surface area contributed by atoms with Gasteiger partial charge in [0.25, 0.3) is 5.56 Å². The number of esters is 1. The number of pyridine rings is 2. The molecule has 1 aromatic carbocycles. The van der Waals surface area contributed by atoms with E-state index >= 15 is 0 Å². The van der Waals surface area contributed by atoms with Gasteiger partial charge in [0.15, 0.2) is 5.60 Å². The number of benzene rings is 1. The maximum atomic E-state index is 13.2. The monoisotopic (exact) mass is 376 g/mol. The van der Waals surface area contributed by atoms with Crippen LogP contribution in [0.2, 0.25) is 0 Å². The van der Waals surface area contributed by atoms with Crippen molar-refractivity contribution in [2.24, 2.45) is 0 Å². The molecule has 142 valence electrons. The molecule has 4 heterocycles. The average molecular weight is 376 g/mol. The highest BCUT2D eigenvalue weighted by molar-refractivity contribution is 5.90. The van der Waals surface area contributed by atoms with Gasteiger partial charge in [-0.3, -0.25) is 4.79 Å². The molecule has 0 saturated heterocycles. The average Bonchev–Trinajstić information content (AvgIpc) is 3.05. The molecule has 28 heavy (non-hydrogen) atoms. The fraction of sp³-hybridized carbons (Fsp3) is 0.318. The molecule has 2 aliphatic heterocycles. The third kappa shape index (κ3) is 1.98. The third-order valence-electron chi connectivity index (χ3n) is 6.20. The lowest BCUT2D eigenvalue weighted by Crippen LogP contribution is -2.44. The van der Waals surface area contributed by atoms with Gasteiger partial charge >= 0.3 is 5.97 Å². The summed E-state index contributed by atoms with van der Waals surface area (Å²) in [5, 5.41) is 12.0. The van der Waals surface area contributed by atoms with Crippen LogP contribution < -0.4 is 5.56 Å². The lowest BCUT2D eigenvalue weighted by atomic mass is 9.86. The largest absolute Gasteiger partial charge is 0.458 e. The predicted molar refractivity (Wildman–Crippen MR) is 104 cm³/mol. The van der Waals surface area contributed by atoms with Crippen LogP contribution in [0.4, 0.5) is 0 Å². The molecule has 0 aliphatic carbocycles. The van der Waals surface area contributed by atoms with Crippen LogP contribution >= 0.6 is 0 Å². The number of ether oxygens (including phenoxy) is 1. The Morgan fingerprint density at radius 3 is 2.79 bits per heavy atom. The topological polar surface area (TPSA) is 81.4 Å². The Bertz CT molecular complexity index is 1260. The molecule has 2 aliphatic rings. The van der Waals surface area contributed by atoms with Crippen molar-refractivity contribution in [3.05, 3.63) is 62.4 Å². The van der Waals surface area contributed by atoms with Crippen molar-refractivity contribution in [3.8, 4) is 11.4 Å². The van der Waals surface area contributed by atoms with Gasteiger partial charge in [-0.25, -0.2) is 9.78 Å². The van der Waals surface area contributed by atoms with E-state index in [2.05, 4.69) is 19.9 Å². The number of fused-ring (bicyclic) bond motifs is 5. The lowest BCUT2D eigenvalue weighted by molar-refractivity contribution is -0.172. The summed E-state index contributed by atoms with van der Waals surface area (Å²) in [6.45, 7) is 6.13. The van der Waals surface area contributed by atoms with E-state index in [1.807, 2.05) is 12.1 Å². The van der Waals surface area contributed by atoms with Crippen LogP contribution in [0, 0.1) is 13.8 Å². The second kappa shape index (κ2) is 5.52. The Balaban J connectivity index is 1.85. The molecule has 0 bridgehead atoms. The molecule has 0 unspecified atom stereocenters. The number of rotatable bonds is 1. The molecule has 0 radical (unpaired) electrons. The van der Waals surface area contributed by atoms with Crippen LogP contribution in [0.25, 0.3) is 22.3 Å². The van der Waals surface area contributed by atoms with Crippen LogP contribution in [-0.4, -0.2) is 20.6 Å². The molecular formula is C22H20N2O4. The number of aromatic nitrogens is 2. The highest BCUT2D eigenvalue weighted by Crippen LogP contribution is 2.40. The summed E-state index contributed by atoms with van der Waals surface area (Å²) in [5.41, 5.74) is 4.19. The maximum Gasteiger partial charge on any atom is 0.343 e. The van der Waals surface area contributed by atoms with Crippen molar-refractivity contribution >= 4 is 16.9 Å². The van der Waals surface area contributed by atoms with Crippen LogP contribution in [0.3, 0.4) is 0 Å². The smallest absolute Gasteiger partial charge is 0.343 e. The van der Waals surface area contributed by atoms with Gasteiger partial charge in [0.2, 0.25) is 0 Å². The van der Waals surface area contributed by atoms with E-state index in [0.29, 0.717) is 23.4 Å². The molecule has 5 rings (SSSR count). The van der Waals surface area contributed by atoms with E-state index in [1.165, 1.54) is 0 Å². The Kier molecular flexibility index (Phi) is 3.37. The number of aryl methyl sites for hydroxylation is 2. The van der Waals surface area contributed by atoms with Gasteiger partial charge in [-0.15, -0.1) is 0 Å². The normalized spacial score (nSPS) is 19.9. The van der Waals surface area contributed by atoms with Crippen molar-refractivity contribution in [2.75, 3.05) is 0 Å². The van der Waals surface area contributed by atoms with E-state index < -0.39 is 11.6 Å². The van der Waals surface area contributed by atoms with Crippen molar-refractivity contribution in [2.45, 2.75) is 45.9 Å². The number of nitrogens with zero attached hydrogens (tertiary/aromatic N) is 2. The molecule has 2 aromatic heterocycles. The Morgan fingerprint density at radius 1 is 1.25 bits per heavy atom. The van der Waals surface area contributed by atoms with E-state index in [-0.39, 0.29) is 18.6 Å². The van der Waals surface area contributed by atoms with Crippen molar-refractivity contribution in [1.29, 1.82) is 0 Å². The highest BCUT2D eigenvalue weighted by Gasteiger charge is 2.45. The Morgan fingerprint density at radius 2 is 2.04 bits per heavy atom. The lowest BCUT2D eigenvalue weighted by Gasteiger charge is -2.31. The van der Waals surface area contributed by atoms with E-state index in [1.54, 1.807) is 17.6 Å². The van der Waals surface area contributed by atoms with Gasteiger partial charge in [0.05, 0.1) is 29.0 Å². The van der Waals surface area contributed by atoms with E-state index in [4.69, 9.17) is 9.72 Å². The number of carbonyl (C=O) groups is 1. The molecule has 6 nitrogen and oxygen atoms in total. The number of hydrogen-bond donors (Lipinski definition) is 1. The van der Waals surface area contributed by atoms with Crippen LogP contribution in [0.5, 0.6) is 0 Å². The fourth-order valence-electron chi connectivity index (χ4n) is 4.57. The molecule has 0 amide bonds. The SMILES string of the molecule is CC[C@]1(O)C(=O)OCc2c1cc1n(c2=O)Cc2c-1nc1cccc(C)c1c2C. The summed E-state index contributed by atoms with van der Waals surface area (Å²) in [4.78, 5) is 30.3. The van der Waals surface area contributed by atoms with Crippen LogP contribution in [0.15, 0.2) is 29.1 Å². The fourth-order valence-corrected chi connectivity index (χ4v) is 4.57. The van der Waals surface area contributed by atoms with Gasteiger partial charge in [-0.1, -0.05) is 19.1 Å². The summed E-state index contributed by atoms with van der Waals surface area (Å²) in [6, 6.07) is 7.74. The molecule has 0 spiro atoms. The van der Waals surface area contributed by atoms with Crippen molar-refractivity contribution < 1.29 is 14.6 Å². The van der Waals surface area contributed by atoms with Gasteiger partial charge in [0.1, 0.15) is 6.61 Å². The summed E-state index contributed by atoms with van der Waals surface area (Å²) in [7, 11) is 0. The quantitative estimate of drug-likeness (QED) is 0.517. The Hall–Kier alpha value is -2.99. The predicted octanol–water partition coefficient (Wildman–Crippen LogP) is 2.70. The second-order valence-corrected chi connectivity index (χ2v) is 7.64.